The third kappa shape index (κ3) is 4.48. The highest BCUT2D eigenvalue weighted by atomic mass is 35.5. The SMILES string of the molecule is O=C(Cn1c(-c2ccc(Cl)cc2)n[nH]c1=S)NCc1cccc(Cl)c1. The standard InChI is InChI=1S/C17H14Cl2N4OS/c18-13-6-4-12(5-7-13)16-21-22-17(25)23(16)10-15(24)20-9-11-2-1-3-14(19)8-11/h1-8H,9-10H2,(H,20,24)(H,22,25). The Hall–Kier alpha value is -2.15. The lowest BCUT2D eigenvalue weighted by Gasteiger charge is -2.09. The summed E-state index contributed by atoms with van der Waals surface area (Å²) in [5.41, 5.74) is 1.74. The zero-order valence-corrected chi connectivity index (χ0v) is 15.3. The molecule has 128 valence electrons. The minimum absolute atomic E-state index is 0.0634. The first-order chi connectivity index (χ1) is 12.0. The number of hydrogen-bond donors (Lipinski definition) is 2. The number of halogens is 2. The van der Waals surface area contributed by atoms with E-state index in [-0.39, 0.29) is 12.5 Å². The van der Waals surface area contributed by atoms with Crippen molar-refractivity contribution in [2.24, 2.45) is 0 Å². The van der Waals surface area contributed by atoms with Gasteiger partial charge in [-0.15, -0.1) is 0 Å². The van der Waals surface area contributed by atoms with Gasteiger partial charge in [-0.05, 0) is 54.2 Å². The normalized spacial score (nSPS) is 10.6. The van der Waals surface area contributed by atoms with Gasteiger partial charge in [-0.25, -0.2) is 0 Å². The van der Waals surface area contributed by atoms with Crippen LogP contribution >= 0.6 is 35.4 Å². The summed E-state index contributed by atoms with van der Waals surface area (Å²) in [5.74, 6) is 0.410. The average Bonchev–Trinajstić information content (AvgIpc) is 2.95. The second-order valence-electron chi connectivity index (χ2n) is 5.35. The Morgan fingerprint density at radius 3 is 2.64 bits per heavy atom. The van der Waals surface area contributed by atoms with Crippen LogP contribution in [0, 0.1) is 4.77 Å². The first-order valence-corrected chi connectivity index (χ1v) is 8.61. The molecular formula is C17H14Cl2N4OS. The van der Waals surface area contributed by atoms with Crippen LogP contribution in [-0.2, 0) is 17.9 Å². The predicted molar refractivity (Wildman–Crippen MR) is 101 cm³/mol. The Labute approximate surface area is 159 Å². The molecule has 0 bridgehead atoms. The number of H-pyrrole nitrogens is 1. The van der Waals surface area contributed by atoms with Gasteiger partial charge in [-0.2, -0.15) is 5.10 Å². The van der Waals surface area contributed by atoms with Gasteiger partial charge in [0.2, 0.25) is 5.91 Å². The van der Waals surface area contributed by atoms with Crippen LogP contribution in [-0.4, -0.2) is 20.7 Å². The summed E-state index contributed by atoms with van der Waals surface area (Å²) in [4.78, 5) is 12.3. The second kappa shape index (κ2) is 7.82. The highest BCUT2D eigenvalue weighted by Crippen LogP contribution is 2.20. The van der Waals surface area contributed by atoms with Crippen molar-refractivity contribution in [3.63, 3.8) is 0 Å². The number of aromatic nitrogens is 3. The van der Waals surface area contributed by atoms with Crippen molar-refractivity contribution >= 4 is 41.3 Å². The van der Waals surface area contributed by atoms with Crippen molar-refractivity contribution in [1.82, 2.24) is 20.1 Å². The fourth-order valence-corrected chi connectivity index (χ4v) is 2.87. The van der Waals surface area contributed by atoms with Gasteiger partial charge in [0, 0.05) is 22.2 Å². The van der Waals surface area contributed by atoms with Crippen molar-refractivity contribution in [2.45, 2.75) is 13.1 Å². The molecule has 1 aromatic heterocycles. The van der Waals surface area contributed by atoms with Crippen LogP contribution in [0.2, 0.25) is 10.0 Å². The maximum absolute atomic E-state index is 12.3. The fraction of sp³-hybridized carbons (Fsp3) is 0.118. The van der Waals surface area contributed by atoms with Gasteiger partial charge in [0.25, 0.3) is 0 Å². The van der Waals surface area contributed by atoms with E-state index < -0.39 is 0 Å². The lowest BCUT2D eigenvalue weighted by atomic mass is 10.2. The molecule has 0 atom stereocenters. The zero-order valence-electron chi connectivity index (χ0n) is 13.0. The number of hydrogen-bond acceptors (Lipinski definition) is 3. The summed E-state index contributed by atoms with van der Waals surface area (Å²) in [5, 5.41) is 11.0. The van der Waals surface area contributed by atoms with E-state index in [1.165, 1.54) is 0 Å². The van der Waals surface area contributed by atoms with E-state index in [0.29, 0.717) is 27.2 Å². The number of nitrogens with one attached hydrogen (secondary N) is 2. The summed E-state index contributed by atoms with van der Waals surface area (Å²) in [6.07, 6.45) is 0. The van der Waals surface area contributed by atoms with Crippen molar-refractivity contribution in [1.29, 1.82) is 0 Å². The fourth-order valence-electron chi connectivity index (χ4n) is 2.33. The summed E-state index contributed by atoms with van der Waals surface area (Å²) in [7, 11) is 0. The van der Waals surface area contributed by atoms with Gasteiger partial charge in [-0.3, -0.25) is 14.5 Å². The molecule has 3 aromatic rings. The third-order valence-corrected chi connectivity index (χ3v) is 4.34. The first kappa shape index (κ1) is 17.7. The summed E-state index contributed by atoms with van der Waals surface area (Å²) < 4.78 is 2.02. The van der Waals surface area contributed by atoms with E-state index in [1.54, 1.807) is 22.8 Å². The van der Waals surface area contributed by atoms with Gasteiger partial charge in [0.05, 0.1) is 0 Å². The maximum Gasteiger partial charge on any atom is 0.240 e. The minimum atomic E-state index is -0.173. The molecule has 1 heterocycles. The molecule has 3 rings (SSSR count). The zero-order chi connectivity index (χ0) is 17.8. The van der Waals surface area contributed by atoms with E-state index in [1.807, 2.05) is 30.3 Å². The maximum atomic E-state index is 12.3. The molecule has 0 radical (unpaired) electrons. The molecule has 0 aliphatic carbocycles. The van der Waals surface area contributed by atoms with Crippen LogP contribution < -0.4 is 5.32 Å². The molecule has 1 amide bonds. The van der Waals surface area contributed by atoms with Crippen LogP contribution in [0.3, 0.4) is 0 Å². The Morgan fingerprint density at radius 2 is 1.92 bits per heavy atom. The van der Waals surface area contributed by atoms with E-state index >= 15 is 0 Å². The largest absolute Gasteiger partial charge is 0.350 e. The smallest absolute Gasteiger partial charge is 0.240 e. The Kier molecular flexibility index (Phi) is 5.53. The molecule has 2 aromatic carbocycles. The van der Waals surface area contributed by atoms with Crippen molar-refractivity contribution < 1.29 is 4.79 Å². The molecule has 0 aliphatic heterocycles. The van der Waals surface area contributed by atoms with Crippen LogP contribution in [0.1, 0.15) is 5.56 Å². The number of rotatable bonds is 5. The van der Waals surface area contributed by atoms with Gasteiger partial charge in [0.15, 0.2) is 10.6 Å². The molecule has 25 heavy (non-hydrogen) atoms. The summed E-state index contributed by atoms with van der Waals surface area (Å²) in [6.45, 7) is 0.453. The highest BCUT2D eigenvalue weighted by molar-refractivity contribution is 7.71. The van der Waals surface area contributed by atoms with Crippen LogP contribution in [0.15, 0.2) is 48.5 Å². The molecular weight excluding hydrogens is 379 g/mol. The van der Waals surface area contributed by atoms with Gasteiger partial charge in [0.1, 0.15) is 6.54 Å². The number of benzene rings is 2. The number of amides is 1. The van der Waals surface area contributed by atoms with Crippen LogP contribution in [0.5, 0.6) is 0 Å². The molecule has 8 heteroatoms. The van der Waals surface area contributed by atoms with Crippen LogP contribution in [0.25, 0.3) is 11.4 Å². The van der Waals surface area contributed by atoms with E-state index in [2.05, 4.69) is 15.5 Å². The topological polar surface area (TPSA) is 62.7 Å². The second-order valence-corrected chi connectivity index (χ2v) is 6.61. The molecule has 5 nitrogen and oxygen atoms in total. The number of carbonyl (C=O) groups excluding carboxylic acids is 1. The Morgan fingerprint density at radius 1 is 1.16 bits per heavy atom. The monoisotopic (exact) mass is 392 g/mol. The summed E-state index contributed by atoms with van der Waals surface area (Å²) >= 11 is 17.1. The van der Waals surface area contributed by atoms with Gasteiger partial charge < -0.3 is 5.32 Å². The van der Waals surface area contributed by atoms with Crippen molar-refractivity contribution in [3.8, 4) is 11.4 Å². The molecule has 0 saturated carbocycles. The molecule has 0 spiro atoms. The quantitative estimate of drug-likeness (QED) is 0.638. The Bertz CT molecular complexity index is 950. The first-order valence-electron chi connectivity index (χ1n) is 7.45. The molecule has 0 unspecified atom stereocenters. The van der Waals surface area contributed by atoms with Gasteiger partial charge in [-0.1, -0.05) is 35.3 Å². The van der Waals surface area contributed by atoms with Crippen molar-refractivity contribution in [3.05, 3.63) is 68.9 Å². The average molecular weight is 393 g/mol. The third-order valence-electron chi connectivity index (χ3n) is 3.54. The van der Waals surface area contributed by atoms with E-state index in [0.717, 1.165) is 11.1 Å². The molecule has 0 aliphatic rings. The lowest BCUT2D eigenvalue weighted by molar-refractivity contribution is -0.121. The number of carbonyl (C=O) groups is 1. The number of aromatic amines is 1. The molecule has 0 saturated heterocycles. The van der Waals surface area contributed by atoms with E-state index in [9.17, 15) is 4.79 Å². The number of nitrogens with zero attached hydrogens (tertiary/aromatic N) is 2. The predicted octanol–water partition coefficient (Wildman–Crippen LogP) is 4.23. The van der Waals surface area contributed by atoms with E-state index in [4.69, 9.17) is 35.4 Å². The van der Waals surface area contributed by atoms with Crippen molar-refractivity contribution in [2.75, 3.05) is 0 Å². The molecule has 0 fully saturated rings. The van der Waals surface area contributed by atoms with Gasteiger partial charge >= 0.3 is 0 Å². The summed E-state index contributed by atoms with van der Waals surface area (Å²) in [6, 6.07) is 14.5. The minimum Gasteiger partial charge on any atom is -0.350 e. The van der Waals surface area contributed by atoms with Crippen LogP contribution in [0.4, 0.5) is 0 Å². The molecule has 2 N–H and O–H groups in total. The lowest BCUT2D eigenvalue weighted by Crippen LogP contribution is -2.27. The Balaban J connectivity index is 1.72. The highest BCUT2D eigenvalue weighted by Gasteiger charge is 2.12.